The van der Waals surface area contributed by atoms with E-state index < -0.39 is 0 Å². The monoisotopic (exact) mass is 205 g/mol. The van der Waals surface area contributed by atoms with E-state index in [0.29, 0.717) is 6.04 Å². The zero-order valence-electron chi connectivity index (χ0n) is 8.61. The van der Waals surface area contributed by atoms with Gasteiger partial charge >= 0.3 is 0 Å². The Balaban J connectivity index is 1.99. The molecule has 2 aliphatic heterocycles. The van der Waals surface area contributed by atoms with Gasteiger partial charge in [0.1, 0.15) is 11.9 Å². The van der Waals surface area contributed by atoms with E-state index in [1.54, 1.807) is 0 Å². The molecule has 0 amide bonds. The Morgan fingerprint density at radius 3 is 3.13 bits per heavy atom. The van der Waals surface area contributed by atoms with E-state index in [1.165, 1.54) is 5.56 Å². The van der Waals surface area contributed by atoms with Gasteiger partial charge in [0.25, 0.3) is 0 Å². The minimum absolute atomic E-state index is 0.164. The molecule has 2 atom stereocenters. The highest BCUT2D eigenvalue weighted by molar-refractivity contribution is 5.37. The SMILES string of the molecule is c1ccc2c(c1)OCCC1NCCOC21. The van der Waals surface area contributed by atoms with Crippen LogP contribution in [0.3, 0.4) is 0 Å². The van der Waals surface area contributed by atoms with Crippen molar-refractivity contribution in [2.45, 2.75) is 18.6 Å². The van der Waals surface area contributed by atoms with Gasteiger partial charge in [-0.05, 0) is 12.5 Å². The van der Waals surface area contributed by atoms with Crippen molar-refractivity contribution in [1.82, 2.24) is 5.32 Å². The second-order valence-corrected chi connectivity index (χ2v) is 4.03. The number of para-hydroxylation sites is 1. The summed E-state index contributed by atoms with van der Waals surface area (Å²) in [5.41, 5.74) is 1.19. The highest BCUT2D eigenvalue weighted by Crippen LogP contribution is 2.34. The third-order valence-corrected chi connectivity index (χ3v) is 3.08. The molecule has 2 unspecified atom stereocenters. The molecule has 1 saturated heterocycles. The summed E-state index contributed by atoms with van der Waals surface area (Å²) in [4.78, 5) is 0. The number of fused-ring (bicyclic) bond motifs is 3. The van der Waals surface area contributed by atoms with Crippen molar-refractivity contribution in [2.24, 2.45) is 0 Å². The summed E-state index contributed by atoms with van der Waals surface area (Å²) in [7, 11) is 0. The van der Waals surface area contributed by atoms with E-state index in [0.717, 1.165) is 31.9 Å². The molecule has 1 aromatic rings. The third kappa shape index (κ3) is 1.62. The molecule has 0 spiro atoms. The third-order valence-electron chi connectivity index (χ3n) is 3.08. The van der Waals surface area contributed by atoms with Gasteiger partial charge in [-0.25, -0.2) is 0 Å². The second-order valence-electron chi connectivity index (χ2n) is 4.03. The molecule has 3 nitrogen and oxygen atoms in total. The molecule has 1 fully saturated rings. The maximum absolute atomic E-state index is 5.85. The predicted octanol–water partition coefficient (Wildman–Crippen LogP) is 1.50. The van der Waals surface area contributed by atoms with E-state index in [2.05, 4.69) is 11.4 Å². The Labute approximate surface area is 89.4 Å². The van der Waals surface area contributed by atoms with Crippen LogP contribution in [0.15, 0.2) is 24.3 Å². The predicted molar refractivity (Wildman–Crippen MR) is 57.0 cm³/mol. The first-order chi connectivity index (χ1) is 7.45. The Bertz CT molecular complexity index is 353. The Hall–Kier alpha value is -1.06. The van der Waals surface area contributed by atoms with Crippen molar-refractivity contribution in [1.29, 1.82) is 0 Å². The van der Waals surface area contributed by atoms with Gasteiger partial charge in [-0.2, -0.15) is 0 Å². The summed E-state index contributed by atoms with van der Waals surface area (Å²) in [5.74, 6) is 0.980. The number of ether oxygens (including phenoxy) is 2. The van der Waals surface area contributed by atoms with E-state index in [-0.39, 0.29) is 6.10 Å². The lowest BCUT2D eigenvalue weighted by Crippen LogP contribution is -2.43. The second kappa shape index (κ2) is 3.83. The van der Waals surface area contributed by atoms with Crippen molar-refractivity contribution < 1.29 is 9.47 Å². The van der Waals surface area contributed by atoms with E-state index in [4.69, 9.17) is 9.47 Å². The molecular weight excluding hydrogens is 190 g/mol. The quantitative estimate of drug-likeness (QED) is 0.696. The fourth-order valence-electron chi connectivity index (χ4n) is 2.36. The summed E-state index contributed by atoms with van der Waals surface area (Å²) in [6.45, 7) is 2.51. The van der Waals surface area contributed by atoms with Crippen LogP contribution in [-0.4, -0.2) is 25.8 Å². The Morgan fingerprint density at radius 2 is 2.13 bits per heavy atom. The first-order valence-electron chi connectivity index (χ1n) is 5.52. The maximum Gasteiger partial charge on any atom is 0.125 e. The molecule has 80 valence electrons. The van der Waals surface area contributed by atoms with Crippen molar-refractivity contribution >= 4 is 0 Å². The molecule has 3 heteroatoms. The summed E-state index contributed by atoms with van der Waals surface area (Å²) in [5, 5.41) is 3.50. The van der Waals surface area contributed by atoms with Gasteiger partial charge in [0.05, 0.1) is 13.2 Å². The lowest BCUT2D eigenvalue weighted by Gasteiger charge is -2.31. The Morgan fingerprint density at radius 1 is 1.20 bits per heavy atom. The zero-order chi connectivity index (χ0) is 10.1. The van der Waals surface area contributed by atoms with Gasteiger partial charge in [0, 0.05) is 18.2 Å². The standard InChI is InChI=1S/C12H15NO2/c1-2-4-11-9(3-1)12-10(5-7-14-11)13-6-8-15-12/h1-4,10,12-13H,5-8H2. The molecule has 3 rings (SSSR count). The summed E-state index contributed by atoms with van der Waals surface area (Å²) in [6, 6.07) is 8.58. The van der Waals surface area contributed by atoms with Gasteiger partial charge < -0.3 is 14.8 Å². The highest BCUT2D eigenvalue weighted by Gasteiger charge is 2.31. The molecule has 0 aliphatic carbocycles. The van der Waals surface area contributed by atoms with Gasteiger partial charge in [0.2, 0.25) is 0 Å². The van der Waals surface area contributed by atoms with Gasteiger partial charge in [-0.15, -0.1) is 0 Å². The van der Waals surface area contributed by atoms with Crippen LogP contribution < -0.4 is 10.1 Å². The summed E-state index contributed by atoms with van der Waals surface area (Å²) in [6.07, 6.45) is 1.18. The van der Waals surface area contributed by atoms with Crippen LogP contribution in [-0.2, 0) is 4.74 Å². The Kier molecular flexibility index (Phi) is 2.35. The number of hydrogen-bond acceptors (Lipinski definition) is 3. The van der Waals surface area contributed by atoms with Crippen LogP contribution in [0.2, 0.25) is 0 Å². The minimum atomic E-state index is 0.164. The van der Waals surface area contributed by atoms with Crippen molar-refractivity contribution in [3.8, 4) is 5.75 Å². The lowest BCUT2D eigenvalue weighted by molar-refractivity contribution is -0.00584. The summed E-state index contributed by atoms with van der Waals surface area (Å²) >= 11 is 0. The topological polar surface area (TPSA) is 30.5 Å². The normalized spacial score (nSPS) is 29.6. The average Bonchev–Trinajstić information content (AvgIpc) is 2.48. The zero-order valence-corrected chi connectivity index (χ0v) is 8.61. The summed E-state index contributed by atoms with van der Waals surface area (Å²) < 4.78 is 11.6. The van der Waals surface area contributed by atoms with E-state index in [9.17, 15) is 0 Å². The molecule has 1 N–H and O–H groups in total. The van der Waals surface area contributed by atoms with E-state index in [1.807, 2.05) is 18.2 Å². The number of hydrogen-bond donors (Lipinski definition) is 1. The van der Waals surface area contributed by atoms with Crippen LogP contribution >= 0.6 is 0 Å². The lowest BCUT2D eigenvalue weighted by atomic mass is 9.99. The first kappa shape index (κ1) is 9.19. The number of rotatable bonds is 0. The van der Waals surface area contributed by atoms with Crippen molar-refractivity contribution in [3.63, 3.8) is 0 Å². The van der Waals surface area contributed by atoms with Crippen LogP contribution in [0.1, 0.15) is 18.1 Å². The van der Waals surface area contributed by atoms with Gasteiger partial charge in [0.15, 0.2) is 0 Å². The molecule has 2 heterocycles. The fourth-order valence-corrected chi connectivity index (χ4v) is 2.36. The minimum Gasteiger partial charge on any atom is -0.493 e. The fraction of sp³-hybridized carbons (Fsp3) is 0.500. The van der Waals surface area contributed by atoms with Crippen LogP contribution in [0.4, 0.5) is 0 Å². The molecule has 0 aromatic heterocycles. The van der Waals surface area contributed by atoms with E-state index >= 15 is 0 Å². The highest BCUT2D eigenvalue weighted by atomic mass is 16.5. The van der Waals surface area contributed by atoms with Gasteiger partial charge in [-0.3, -0.25) is 0 Å². The molecule has 2 aliphatic rings. The smallest absolute Gasteiger partial charge is 0.125 e. The van der Waals surface area contributed by atoms with Crippen molar-refractivity contribution in [2.75, 3.05) is 19.8 Å². The molecular formula is C12H15NO2. The molecule has 0 bridgehead atoms. The largest absolute Gasteiger partial charge is 0.493 e. The number of benzene rings is 1. The molecule has 1 aromatic carbocycles. The van der Waals surface area contributed by atoms with Gasteiger partial charge in [-0.1, -0.05) is 18.2 Å². The number of nitrogens with one attached hydrogen (secondary N) is 1. The molecule has 15 heavy (non-hydrogen) atoms. The average molecular weight is 205 g/mol. The van der Waals surface area contributed by atoms with Crippen LogP contribution in [0, 0.1) is 0 Å². The van der Waals surface area contributed by atoms with Crippen LogP contribution in [0.25, 0.3) is 0 Å². The first-order valence-corrected chi connectivity index (χ1v) is 5.52. The van der Waals surface area contributed by atoms with Crippen LogP contribution in [0.5, 0.6) is 5.75 Å². The maximum atomic E-state index is 5.85. The van der Waals surface area contributed by atoms with Crippen molar-refractivity contribution in [3.05, 3.63) is 29.8 Å². The number of morpholine rings is 1. The molecule has 0 saturated carbocycles. The molecule has 0 radical (unpaired) electrons.